The van der Waals surface area contributed by atoms with Gasteiger partial charge in [0.2, 0.25) is 0 Å². The van der Waals surface area contributed by atoms with E-state index in [4.69, 9.17) is 17.3 Å². The summed E-state index contributed by atoms with van der Waals surface area (Å²) in [6, 6.07) is 1.69. The first-order chi connectivity index (χ1) is 7.20. The molecule has 0 aliphatic heterocycles. The van der Waals surface area contributed by atoms with Crippen LogP contribution < -0.4 is 5.73 Å². The zero-order chi connectivity index (χ0) is 10.8. The number of Topliss-reactive ketones (excluding diaryl/α,β-unsaturated/α-hetero) is 1. The second kappa shape index (κ2) is 3.87. The van der Waals surface area contributed by atoms with Gasteiger partial charge < -0.3 is 5.73 Å². The standard InChI is InChI=1S/C11H8ClN2O/c12-10-8(5-6-14-11(10)13)7-3-1-2-4-9(7)15/h1-3,5-7H,(H2,13,14). The molecular weight excluding hydrogens is 212 g/mol. The second-order valence-corrected chi connectivity index (χ2v) is 3.52. The summed E-state index contributed by atoms with van der Waals surface area (Å²) in [5, 5.41) is 0.337. The molecular formula is C11H8ClN2O. The number of rotatable bonds is 1. The number of allylic oxidation sites excluding steroid dienone is 4. The van der Waals surface area contributed by atoms with Crippen molar-refractivity contribution >= 4 is 23.2 Å². The molecule has 1 radical (unpaired) electrons. The quantitative estimate of drug-likeness (QED) is 0.785. The van der Waals surface area contributed by atoms with E-state index in [2.05, 4.69) is 11.1 Å². The van der Waals surface area contributed by atoms with Crippen LogP contribution in [0.4, 0.5) is 5.82 Å². The minimum atomic E-state index is -0.396. The smallest absolute Gasteiger partial charge is 0.174 e. The summed E-state index contributed by atoms with van der Waals surface area (Å²) in [6.07, 6.45) is 9.25. The average Bonchev–Trinajstić information content (AvgIpc) is 2.23. The van der Waals surface area contributed by atoms with E-state index in [-0.39, 0.29) is 11.6 Å². The molecule has 2 N–H and O–H groups in total. The summed E-state index contributed by atoms with van der Waals surface area (Å²) < 4.78 is 0. The highest BCUT2D eigenvalue weighted by atomic mass is 35.5. The van der Waals surface area contributed by atoms with Crippen LogP contribution in [0.15, 0.2) is 30.5 Å². The Morgan fingerprint density at radius 2 is 2.33 bits per heavy atom. The van der Waals surface area contributed by atoms with Crippen LogP contribution in [0.5, 0.6) is 0 Å². The zero-order valence-corrected chi connectivity index (χ0v) is 8.53. The molecule has 1 aromatic rings. The normalized spacial score (nSPS) is 19.5. The number of carbonyl (C=O) groups is 1. The van der Waals surface area contributed by atoms with Gasteiger partial charge in [0.15, 0.2) is 5.78 Å². The van der Waals surface area contributed by atoms with E-state index < -0.39 is 5.92 Å². The van der Waals surface area contributed by atoms with Gasteiger partial charge in [0.1, 0.15) is 5.82 Å². The Morgan fingerprint density at radius 3 is 3.07 bits per heavy atom. The number of halogens is 1. The van der Waals surface area contributed by atoms with Crippen molar-refractivity contribution in [3.8, 4) is 0 Å². The number of aromatic nitrogens is 1. The van der Waals surface area contributed by atoms with E-state index in [0.717, 1.165) is 0 Å². The number of hydrogen-bond acceptors (Lipinski definition) is 3. The SMILES string of the molecule is Nc1nccc(C2C=CC=[C]C2=O)c1Cl. The molecule has 1 unspecified atom stereocenters. The number of ketones is 1. The Bertz CT molecular complexity index is 466. The Morgan fingerprint density at radius 1 is 1.53 bits per heavy atom. The number of carbonyl (C=O) groups excluding carboxylic acids is 1. The summed E-state index contributed by atoms with van der Waals surface area (Å²) in [4.78, 5) is 15.4. The maximum atomic E-state index is 11.5. The predicted octanol–water partition coefficient (Wildman–Crippen LogP) is 1.90. The van der Waals surface area contributed by atoms with Gasteiger partial charge >= 0.3 is 0 Å². The lowest BCUT2D eigenvalue weighted by molar-refractivity contribution is -0.115. The topological polar surface area (TPSA) is 56.0 Å². The van der Waals surface area contributed by atoms with Gasteiger partial charge in [0, 0.05) is 12.3 Å². The molecule has 2 rings (SSSR count). The summed E-state index contributed by atoms with van der Waals surface area (Å²) in [6.45, 7) is 0. The van der Waals surface area contributed by atoms with Gasteiger partial charge in [-0.1, -0.05) is 29.8 Å². The number of hydrogen-bond donors (Lipinski definition) is 1. The van der Waals surface area contributed by atoms with Crippen LogP contribution in [0.1, 0.15) is 11.5 Å². The Kier molecular flexibility index (Phi) is 2.56. The van der Waals surface area contributed by atoms with Crippen molar-refractivity contribution in [2.45, 2.75) is 5.92 Å². The summed E-state index contributed by atoms with van der Waals surface area (Å²) in [5.74, 6) is -0.275. The molecule has 75 valence electrons. The van der Waals surface area contributed by atoms with Crippen LogP contribution >= 0.6 is 11.6 Å². The van der Waals surface area contributed by atoms with Crippen molar-refractivity contribution in [2.24, 2.45) is 0 Å². The fourth-order valence-corrected chi connectivity index (χ4v) is 1.66. The number of pyridine rings is 1. The van der Waals surface area contributed by atoms with E-state index in [1.807, 2.05) is 0 Å². The Hall–Kier alpha value is -1.61. The van der Waals surface area contributed by atoms with Crippen LogP contribution in [-0.2, 0) is 4.79 Å². The number of anilines is 1. The van der Waals surface area contributed by atoms with Gasteiger partial charge in [-0.25, -0.2) is 4.98 Å². The fraction of sp³-hybridized carbons (Fsp3) is 0.0909. The number of nitrogens with zero attached hydrogens (tertiary/aromatic N) is 1. The van der Waals surface area contributed by atoms with E-state index in [1.54, 1.807) is 24.3 Å². The van der Waals surface area contributed by atoms with Crippen LogP contribution in [0.25, 0.3) is 0 Å². The van der Waals surface area contributed by atoms with Crippen LogP contribution in [0.2, 0.25) is 5.02 Å². The highest BCUT2D eigenvalue weighted by molar-refractivity contribution is 6.34. The van der Waals surface area contributed by atoms with E-state index in [1.165, 1.54) is 6.20 Å². The van der Waals surface area contributed by atoms with Crippen molar-refractivity contribution < 1.29 is 4.79 Å². The summed E-state index contributed by atoms with van der Waals surface area (Å²) in [7, 11) is 0. The highest BCUT2D eigenvalue weighted by Crippen LogP contribution is 2.30. The van der Waals surface area contributed by atoms with Gasteiger partial charge in [-0.2, -0.15) is 0 Å². The minimum Gasteiger partial charge on any atom is -0.382 e. The fourth-order valence-electron chi connectivity index (χ4n) is 1.43. The predicted molar refractivity (Wildman–Crippen MR) is 58.4 cm³/mol. The molecule has 1 aliphatic rings. The lowest BCUT2D eigenvalue weighted by Crippen LogP contribution is -2.11. The second-order valence-electron chi connectivity index (χ2n) is 3.14. The first-order valence-electron chi connectivity index (χ1n) is 4.40. The third-order valence-electron chi connectivity index (χ3n) is 2.19. The van der Waals surface area contributed by atoms with Crippen molar-refractivity contribution in [1.29, 1.82) is 0 Å². The van der Waals surface area contributed by atoms with Gasteiger partial charge in [0.05, 0.1) is 10.9 Å². The van der Waals surface area contributed by atoms with Gasteiger partial charge in [-0.3, -0.25) is 4.79 Å². The molecule has 3 nitrogen and oxygen atoms in total. The van der Waals surface area contributed by atoms with Gasteiger partial charge in [-0.05, 0) is 11.6 Å². The first-order valence-corrected chi connectivity index (χ1v) is 4.78. The largest absolute Gasteiger partial charge is 0.382 e. The molecule has 0 saturated heterocycles. The molecule has 1 heterocycles. The molecule has 1 atom stereocenters. The van der Waals surface area contributed by atoms with Crippen molar-refractivity contribution in [1.82, 2.24) is 4.98 Å². The Labute approximate surface area is 92.3 Å². The Balaban J connectivity index is 2.46. The van der Waals surface area contributed by atoms with E-state index in [0.29, 0.717) is 10.6 Å². The number of nitrogens with two attached hydrogens (primary N) is 1. The minimum absolute atomic E-state index is 0.120. The summed E-state index contributed by atoms with van der Waals surface area (Å²) >= 11 is 5.98. The molecule has 0 bridgehead atoms. The van der Waals surface area contributed by atoms with Crippen LogP contribution in [-0.4, -0.2) is 10.8 Å². The summed E-state index contributed by atoms with van der Waals surface area (Å²) in [5.41, 5.74) is 6.24. The lowest BCUT2D eigenvalue weighted by Gasteiger charge is -2.13. The molecule has 0 spiro atoms. The molecule has 0 saturated carbocycles. The van der Waals surface area contributed by atoms with E-state index >= 15 is 0 Å². The van der Waals surface area contributed by atoms with E-state index in [9.17, 15) is 4.79 Å². The van der Waals surface area contributed by atoms with Crippen LogP contribution in [0, 0.1) is 6.08 Å². The molecule has 0 amide bonds. The van der Waals surface area contributed by atoms with Crippen molar-refractivity contribution in [2.75, 3.05) is 5.73 Å². The van der Waals surface area contributed by atoms with Gasteiger partial charge in [0.25, 0.3) is 0 Å². The molecule has 4 heteroatoms. The van der Waals surface area contributed by atoms with Crippen LogP contribution in [0.3, 0.4) is 0 Å². The van der Waals surface area contributed by atoms with Crippen molar-refractivity contribution in [3.05, 3.63) is 47.2 Å². The zero-order valence-electron chi connectivity index (χ0n) is 7.77. The molecule has 1 aromatic heterocycles. The first kappa shape index (κ1) is 9.93. The van der Waals surface area contributed by atoms with Crippen molar-refractivity contribution in [3.63, 3.8) is 0 Å². The van der Waals surface area contributed by atoms with Gasteiger partial charge in [-0.15, -0.1) is 0 Å². The molecule has 1 aliphatic carbocycles. The third-order valence-corrected chi connectivity index (χ3v) is 2.60. The average molecular weight is 220 g/mol. The molecule has 0 fully saturated rings. The number of nitrogen functional groups attached to an aromatic ring is 1. The molecule has 0 aromatic carbocycles. The monoisotopic (exact) mass is 219 g/mol. The molecule has 15 heavy (non-hydrogen) atoms. The highest BCUT2D eigenvalue weighted by Gasteiger charge is 2.21. The maximum Gasteiger partial charge on any atom is 0.174 e. The maximum absolute atomic E-state index is 11.5. The lowest BCUT2D eigenvalue weighted by atomic mass is 9.92. The third kappa shape index (κ3) is 1.78.